The number of halogens is 1. The van der Waals surface area contributed by atoms with Gasteiger partial charge in [-0.1, -0.05) is 29.4 Å². The average molecular weight is 293 g/mol. The van der Waals surface area contributed by atoms with Crippen molar-refractivity contribution < 1.29 is 14.7 Å². The molecule has 0 aromatic rings. The van der Waals surface area contributed by atoms with Gasteiger partial charge < -0.3 is 15.7 Å². The molecule has 0 fully saturated rings. The van der Waals surface area contributed by atoms with Crippen LogP contribution in [-0.2, 0) is 4.79 Å². The molecule has 1 unspecified atom stereocenters. The van der Waals surface area contributed by atoms with Gasteiger partial charge in [-0.15, -0.1) is 0 Å². The molecule has 0 aromatic carbocycles. The number of hydrogen-bond donors (Lipinski definition) is 3. The Hall–Kier alpha value is -1.04. The lowest BCUT2D eigenvalue weighted by molar-refractivity contribution is -0.137. The molecule has 1 atom stereocenters. The molecule has 0 aliphatic rings. The first-order valence-corrected chi connectivity index (χ1v) is 5.78. The summed E-state index contributed by atoms with van der Waals surface area (Å²) in [6.45, 7) is 6.31. The molecule has 0 aliphatic carbocycles. The second-order valence-electron chi connectivity index (χ2n) is 3.62. The minimum Gasteiger partial charge on any atom is -0.481 e. The van der Waals surface area contributed by atoms with E-state index in [1.165, 1.54) is 0 Å². The van der Waals surface area contributed by atoms with Gasteiger partial charge in [-0.3, -0.25) is 4.79 Å². The summed E-state index contributed by atoms with van der Waals surface area (Å²) in [5.74, 6) is -0.666. The lowest BCUT2D eigenvalue weighted by Gasteiger charge is -2.12. The van der Waals surface area contributed by atoms with Gasteiger partial charge >= 0.3 is 12.0 Å². The van der Waals surface area contributed by atoms with E-state index in [4.69, 9.17) is 5.11 Å². The van der Waals surface area contributed by atoms with Crippen LogP contribution in [-0.4, -0.2) is 30.2 Å². The molecule has 6 heteroatoms. The maximum atomic E-state index is 11.2. The van der Waals surface area contributed by atoms with E-state index in [0.717, 1.165) is 0 Å². The molecule has 0 saturated carbocycles. The molecule has 0 radical (unpaired) electrons. The highest BCUT2D eigenvalue weighted by molar-refractivity contribution is 9.11. The predicted octanol–water partition coefficient (Wildman–Crippen LogP) is 1.70. The van der Waals surface area contributed by atoms with Crippen LogP contribution >= 0.6 is 15.9 Å². The van der Waals surface area contributed by atoms with E-state index in [9.17, 15) is 9.59 Å². The van der Waals surface area contributed by atoms with Crippen molar-refractivity contribution in [3.8, 4) is 0 Å². The molecular weight excluding hydrogens is 276 g/mol. The zero-order chi connectivity index (χ0) is 12.6. The third-order valence-electron chi connectivity index (χ3n) is 1.90. The Balaban J connectivity index is 3.58. The van der Waals surface area contributed by atoms with E-state index >= 15 is 0 Å². The van der Waals surface area contributed by atoms with Gasteiger partial charge in [0, 0.05) is 17.4 Å². The van der Waals surface area contributed by atoms with Gasteiger partial charge in [-0.05, 0) is 12.3 Å². The molecule has 16 heavy (non-hydrogen) atoms. The van der Waals surface area contributed by atoms with E-state index in [1.807, 2.05) is 6.92 Å². The molecule has 0 rings (SSSR count). The van der Waals surface area contributed by atoms with E-state index in [1.54, 1.807) is 0 Å². The SMILES string of the molecule is C=C(Br)CNC(=O)NCC(C)CCC(=O)O. The first-order chi connectivity index (χ1) is 7.41. The standard InChI is InChI=1S/C10H17BrN2O3/c1-7(3-4-9(14)15)5-12-10(16)13-6-8(2)11/h7H,2-6H2,1H3,(H,14,15)(H2,12,13,16). The number of urea groups is 1. The maximum absolute atomic E-state index is 11.2. The van der Waals surface area contributed by atoms with Crippen molar-refractivity contribution in [2.45, 2.75) is 19.8 Å². The van der Waals surface area contributed by atoms with Crippen molar-refractivity contribution in [1.29, 1.82) is 0 Å². The maximum Gasteiger partial charge on any atom is 0.315 e. The quantitative estimate of drug-likeness (QED) is 0.668. The second kappa shape index (κ2) is 8.15. The van der Waals surface area contributed by atoms with E-state index in [2.05, 4.69) is 33.1 Å². The van der Waals surface area contributed by atoms with Crippen molar-refractivity contribution in [1.82, 2.24) is 10.6 Å². The van der Waals surface area contributed by atoms with Gasteiger partial charge in [0.1, 0.15) is 0 Å². The number of carbonyl (C=O) groups is 2. The highest BCUT2D eigenvalue weighted by atomic mass is 79.9. The van der Waals surface area contributed by atoms with Crippen molar-refractivity contribution >= 4 is 27.9 Å². The van der Waals surface area contributed by atoms with Crippen molar-refractivity contribution in [2.24, 2.45) is 5.92 Å². The lowest BCUT2D eigenvalue weighted by Crippen LogP contribution is -2.38. The fourth-order valence-corrected chi connectivity index (χ4v) is 1.12. The molecule has 0 bridgehead atoms. The molecule has 92 valence electrons. The second-order valence-corrected chi connectivity index (χ2v) is 4.74. The highest BCUT2D eigenvalue weighted by Gasteiger charge is 2.07. The summed E-state index contributed by atoms with van der Waals surface area (Å²) in [5.41, 5.74) is 0. The lowest BCUT2D eigenvalue weighted by atomic mass is 10.1. The Morgan fingerprint density at radius 2 is 2.06 bits per heavy atom. The van der Waals surface area contributed by atoms with Gasteiger partial charge in [0.2, 0.25) is 0 Å². The first kappa shape index (κ1) is 15.0. The summed E-state index contributed by atoms with van der Waals surface area (Å²) in [4.78, 5) is 21.5. The van der Waals surface area contributed by atoms with E-state index in [0.29, 0.717) is 24.0 Å². The molecule has 0 saturated heterocycles. The van der Waals surface area contributed by atoms with Crippen LogP contribution in [0, 0.1) is 5.92 Å². The van der Waals surface area contributed by atoms with Gasteiger partial charge in [0.05, 0.1) is 6.54 Å². The summed E-state index contributed by atoms with van der Waals surface area (Å²) in [6, 6.07) is -0.275. The normalized spacial score (nSPS) is 11.6. The summed E-state index contributed by atoms with van der Waals surface area (Å²) >= 11 is 3.12. The molecule has 0 heterocycles. The fourth-order valence-electron chi connectivity index (χ4n) is 0.978. The number of carboxylic acid groups (broad SMARTS) is 1. The number of nitrogens with one attached hydrogen (secondary N) is 2. The van der Waals surface area contributed by atoms with Crippen LogP contribution in [0.4, 0.5) is 4.79 Å². The number of carboxylic acids is 1. The summed E-state index contributed by atoms with van der Waals surface area (Å²) in [5, 5.41) is 13.7. The predicted molar refractivity (Wildman–Crippen MR) is 65.5 cm³/mol. The molecule has 3 N–H and O–H groups in total. The number of aliphatic carboxylic acids is 1. The third kappa shape index (κ3) is 9.51. The van der Waals surface area contributed by atoms with Gasteiger partial charge in [0.15, 0.2) is 0 Å². The zero-order valence-corrected chi connectivity index (χ0v) is 10.8. The van der Waals surface area contributed by atoms with Crippen LogP contribution in [0.5, 0.6) is 0 Å². The van der Waals surface area contributed by atoms with Crippen LogP contribution in [0.15, 0.2) is 11.1 Å². The summed E-state index contributed by atoms with van der Waals surface area (Å²) in [7, 11) is 0. The third-order valence-corrected chi connectivity index (χ3v) is 2.18. The first-order valence-electron chi connectivity index (χ1n) is 4.98. The van der Waals surface area contributed by atoms with Crippen LogP contribution in [0.2, 0.25) is 0 Å². The van der Waals surface area contributed by atoms with Crippen molar-refractivity contribution in [3.63, 3.8) is 0 Å². The number of hydrogen-bond acceptors (Lipinski definition) is 2. The largest absolute Gasteiger partial charge is 0.481 e. The Bertz CT molecular complexity index is 269. The monoisotopic (exact) mass is 292 g/mol. The Kier molecular flexibility index (Phi) is 7.62. The van der Waals surface area contributed by atoms with E-state index in [-0.39, 0.29) is 18.4 Å². The summed E-state index contributed by atoms with van der Waals surface area (Å²) in [6.07, 6.45) is 0.684. The average Bonchev–Trinajstić information content (AvgIpc) is 2.20. The fraction of sp³-hybridized carbons (Fsp3) is 0.600. The van der Waals surface area contributed by atoms with Crippen LogP contribution in [0.1, 0.15) is 19.8 Å². The van der Waals surface area contributed by atoms with Crippen molar-refractivity contribution in [2.75, 3.05) is 13.1 Å². The zero-order valence-electron chi connectivity index (χ0n) is 9.25. The van der Waals surface area contributed by atoms with Crippen molar-refractivity contribution in [3.05, 3.63) is 11.1 Å². The van der Waals surface area contributed by atoms with Crippen LogP contribution < -0.4 is 10.6 Å². The minimum atomic E-state index is -0.813. The molecule has 0 aliphatic heterocycles. The molecular formula is C10H17BrN2O3. The molecule has 0 spiro atoms. The minimum absolute atomic E-state index is 0.128. The van der Waals surface area contributed by atoms with Gasteiger partial charge in [-0.25, -0.2) is 4.79 Å². The van der Waals surface area contributed by atoms with Crippen LogP contribution in [0.25, 0.3) is 0 Å². The molecule has 2 amide bonds. The van der Waals surface area contributed by atoms with Gasteiger partial charge in [-0.2, -0.15) is 0 Å². The topological polar surface area (TPSA) is 78.4 Å². The smallest absolute Gasteiger partial charge is 0.315 e. The number of carbonyl (C=O) groups excluding carboxylic acids is 1. The molecule has 0 aromatic heterocycles. The molecule has 5 nitrogen and oxygen atoms in total. The highest BCUT2D eigenvalue weighted by Crippen LogP contribution is 2.03. The Morgan fingerprint density at radius 3 is 2.56 bits per heavy atom. The van der Waals surface area contributed by atoms with Crippen LogP contribution in [0.3, 0.4) is 0 Å². The number of rotatable bonds is 7. The Morgan fingerprint density at radius 1 is 1.44 bits per heavy atom. The summed E-state index contributed by atoms with van der Waals surface area (Å²) < 4.78 is 0.696. The Labute approximate surface area is 103 Å². The van der Waals surface area contributed by atoms with Gasteiger partial charge in [0.25, 0.3) is 0 Å². The number of amides is 2. The van der Waals surface area contributed by atoms with E-state index < -0.39 is 5.97 Å².